The number of anilines is 2. The number of aliphatic hydroxyl groups is 1. The lowest BCUT2D eigenvalue weighted by atomic mass is 10.2. The molecule has 0 spiro atoms. The van der Waals surface area contributed by atoms with Crippen molar-refractivity contribution in [2.24, 2.45) is 0 Å². The Balaban J connectivity index is 2.17. The van der Waals surface area contributed by atoms with Crippen LogP contribution in [0.15, 0.2) is 47.1 Å². The highest BCUT2D eigenvalue weighted by atomic mass is 32.2. The average Bonchev–Trinajstić information content (AvgIpc) is 2.44. The molecule has 2 aromatic rings. The number of rotatable bonds is 2. The van der Waals surface area contributed by atoms with Gasteiger partial charge >= 0.3 is 0 Å². The first-order valence-corrected chi connectivity index (χ1v) is 6.29. The Morgan fingerprint density at radius 2 is 2.17 bits per heavy atom. The van der Waals surface area contributed by atoms with Gasteiger partial charge in [-0.05, 0) is 17.7 Å². The predicted molar refractivity (Wildman–Crippen MR) is 71.9 cm³/mol. The molecule has 90 valence electrons. The number of benzene rings is 1. The highest BCUT2D eigenvalue weighted by molar-refractivity contribution is 7.99. The Morgan fingerprint density at radius 3 is 2.94 bits per heavy atom. The molecule has 0 bridgehead atoms. The number of aliphatic hydroxyl groups excluding tert-OH is 1. The summed E-state index contributed by atoms with van der Waals surface area (Å²) in [7, 11) is 0. The Labute approximate surface area is 109 Å². The summed E-state index contributed by atoms with van der Waals surface area (Å²) in [4.78, 5) is 11.4. The van der Waals surface area contributed by atoms with E-state index in [2.05, 4.69) is 16.5 Å². The van der Waals surface area contributed by atoms with E-state index in [4.69, 9.17) is 0 Å². The van der Waals surface area contributed by atoms with E-state index >= 15 is 0 Å². The Bertz CT molecular complexity index is 615. The highest BCUT2D eigenvalue weighted by Crippen LogP contribution is 2.45. The summed E-state index contributed by atoms with van der Waals surface area (Å²) in [5.74, 6) is 0.693. The maximum Gasteiger partial charge on any atom is 0.168 e. The van der Waals surface area contributed by atoms with Crippen molar-refractivity contribution in [3.63, 3.8) is 0 Å². The summed E-state index contributed by atoms with van der Waals surface area (Å²) < 4.78 is 0. The Morgan fingerprint density at radius 1 is 1.33 bits per heavy atom. The van der Waals surface area contributed by atoms with Crippen LogP contribution in [0.3, 0.4) is 0 Å². The van der Waals surface area contributed by atoms with Gasteiger partial charge in [0.25, 0.3) is 0 Å². The van der Waals surface area contributed by atoms with Gasteiger partial charge < -0.3 is 5.11 Å². The second-order valence-corrected chi connectivity index (χ2v) is 4.82. The van der Waals surface area contributed by atoms with E-state index in [1.54, 1.807) is 35.1 Å². The van der Waals surface area contributed by atoms with Crippen molar-refractivity contribution >= 4 is 29.3 Å². The average molecular weight is 257 g/mol. The van der Waals surface area contributed by atoms with Gasteiger partial charge in [-0.25, -0.2) is 9.97 Å². The topological polar surface area (TPSA) is 49.2 Å². The molecule has 0 amide bonds. The van der Waals surface area contributed by atoms with E-state index in [1.165, 1.54) is 0 Å². The molecule has 3 rings (SSSR count). The molecule has 0 saturated carbocycles. The maximum atomic E-state index is 9.57. The summed E-state index contributed by atoms with van der Waals surface area (Å²) in [6.07, 6.45) is 5.07. The summed E-state index contributed by atoms with van der Waals surface area (Å²) in [6, 6.07) is 6.00. The minimum absolute atomic E-state index is 0.125. The molecule has 1 aliphatic rings. The number of aromatic nitrogens is 2. The van der Waals surface area contributed by atoms with Crippen molar-refractivity contribution in [2.45, 2.75) is 9.92 Å². The van der Waals surface area contributed by atoms with Crippen LogP contribution in [0.1, 0.15) is 5.56 Å². The van der Waals surface area contributed by atoms with Gasteiger partial charge in [-0.3, -0.25) is 4.90 Å². The van der Waals surface area contributed by atoms with Crippen molar-refractivity contribution in [1.29, 1.82) is 0 Å². The van der Waals surface area contributed by atoms with Crippen LogP contribution in [-0.4, -0.2) is 21.8 Å². The first-order valence-electron chi connectivity index (χ1n) is 5.47. The largest absolute Gasteiger partial charge is 0.376 e. The van der Waals surface area contributed by atoms with Crippen molar-refractivity contribution in [1.82, 2.24) is 9.97 Å². The first-order chi connectivity index (χ1) is 8.83. The third-order valence-electron chi connectivity index (χ3n) is 2.76. The van der Waals surface area contributed by atoms with Crippen LogP contribution in [0.25, 0.3) is 6.08 Å². The first kappa shape index (κ1) is 11.3. The minimum atomic E-state index is -0.125. The zero-order valence-electron chi connectivity index (χ0n) is 9.58. The van der Waals surface area contributed by atoms with E-state index in [0.717, 1.165) is 21.2 Å². The fourth-order valence-corrected chi connectivity index (χ4v) is 2.88. The fraction of sp³-hybridized carbons (Fsp3) is 0.0769. The zero-order valence-corrected chi connectivity index (χ0v) is 10.4. The van der Waals surface area contributed by atoms with Crippen molar-refractivity contribution in [2.75, 3.05) is 11.6 Å². The van der Waals surface area contributed by atoms with Crippen molar-refractivity contribution in [3.05, 3.63) is 42.7 Å². The zero-order chi connectivity index (χ0) is 12.5. The molecule has 4 nitrogen and oxygen atoms in total. The van der Waals surface area contributed by atoms with Crippen LogP contribution >= 0.6 is 11.8 Å². The molecule has 0 radical (unpaired) electrons. The fourth-order valence-electron chi connectivity index (χ4n) is 1.90. The number of fused-ring (bicyclic) bond motifs is 2. The second kappa shape index (κ2) is 4.44. The predicted octanol–water partition coefficient (Wildman–Crippen LogP) is 2.67. The number of nitrogens with zero attached hydrogens (tertiary/aromatic N) is 3. The van der Waals surface area contributed by atoms with E-state index in [9.17, 15) is 5.11 Å². The molecule has 18 heavy (non-hydrogen) atoms. The molecule has 2 heterocycles. The number of hydrogen-bond donors (Lipinski definition) is 1. The van der Waals surface area contributed by atoms with Crippen LogP contribution in [-0.2, 0) is 0 Å². The standard InChI is InChI=1S/C13H11N3OS/c1-2-9-3-4-11-10(7-9)16(8-17)12-13(18-11)15-6-5-14-12/h2-7,17H,1,8H2. The monoisotopic (exact) mass is 257 g/mol. The lowest BCUT2D eigenvalue weighted by molar-refractivity contribution is 0.302. The van der Waals surface area contributed by atoms with Gasteiger partial charge in [0.2, 0.25) is 0 Å². The van der Waals surface area contributed by atoms with E-state index in [-0.39, 0.29) is 6.73 Å². The minimum Gasteiger partial charge on any atom is -0.376 e. The number of hydrogen-bond acceptors (Lipinski definition) is 5. The molecule has 0 atom stereocenters. The highest BCUT2D eigenvalue weighted by Gasteiger charge is 2.24. The van der Waals surface area contributed by atoms with Gasteiger partial charge in [-0.2, -0.15) is 0 Å². The quantitative estimate of drug-likeness (QED) is 0.896. The molecular weight excluding hydrogens is 246 g/mol. The molecule has 0 unspecified atom stereocenters. The van der Waals surface area contributed by atoms with Gasteiger partial charge in [-0.15, -0.1) is 0 Å². The molecular formula is C13H11N3OS. The van der Waals surface area contributed by atoms with Crippen LogP contribution in [0.4, 0.5) is 11.5 Å². The summed E-state index contributed by atoms with van der Waals surface area (Å²) in [6.45, 7) is 3.63. The molecule has 1 aromatic carbocycles. The van der Waals surface area contributed by atoms with Crippen LogP contribution in [0.5, 0.6) is 0 Å². The van der Waals surface area contributed by atoms with Crippen molar-refractivity contribution in [3.8, 4) is 0 Å². The Hall–Kier alpha value is -1.85. The van der Waals surface area contributed by atoms with E-state index < -0.39 is 0 Å². The smallest absolute Gasteiger partial charge is 0.168 e. The molecule has 0 fully saturated rings. The third-order valence-corrected chi connectivity index (χ3v) is 3.81. The second-order valence-electron chi connectivity index (χ2n) is 3.79. The third kappa shape index (κ3) is 1.68. The molecule has 0 saturated heterocycles. The van der Waals surface area contributed by atoms with Crippen molar-refractivity contribution < 1.29 is 5.11 Å². The van der Waals surface area contributed by atoms with Crippen LogP contribution in [0.2, 0.25) is 0 Å². The lowest BCUT2D eigenvalue weighted by Gasteiger charge is -2.29. The molecule has 1 aliphatic heterocycles. The van der Waals surface area contributed by atoms with Gasteiger partial charge in [0, 0.05) is 17.3 Å². The van der Waals surface area contributed by atoms with Gasteiger partial charge in [0.05, 0.1) is 5.69 Å². The summed E-state index contributed by atoms with van der Waals surface area (Å²) >= 11 is 1.56. The van der Waals surface area contributed by atoms with Crippen LogP contribution < -0.4 is 4.90 Å². The molecule has 5 heteroatoms. The van der Waals surface area contributed by atoms with Gasteiger partial charge in [0.15, 0.2) is 5.82 Å². The summed E-state index contributed by atoms with van der Waals surface area (Å²) in [5.41, 5.74) is 1.95. The lowest BCUT2D eigenvalue weighted by Crippen LogP contribution is -2.23. The van der Waals surface area contributed by atoms with E-state index in [0.29, 0.717) is 5.82 Å². The normalized spacial score (nSPS) is 12.8. The van der Waals surface area contributed by atoms with E-state index in [1.807, 2.05) is 18.2 Å². The molecule has 1 N–H and O–H groups in total. The Kier molecular flexibility index (Phi) is 2.77. The molecule has 1 aromatic heterocycles. The van der Waals surface area contributed by atoms with Gasteiger partial charge in [-0.1, -0.05) is 30.5 Å². The molecule has 0 aliphatic carbocycles. The SMILES string of the molecule is C=Cc1ccc2c(c1)N(CO)c1nccnc1S2. The summed E-state index contributed by atoms with van der Waals surface area (Å²) in [5, 5.41) is 10.4. The maximum absolute atomic E-state index is 9.57. The van der Waals surface area contributed by atoms with Gasteiger partial charge in [0.1, 0.15) is 11.8 Å². The van der Waals surface area contributed by atoms with Crippen LogP contribution in [0, 0.1) is 0 Å².